The lowest BCUT2D eigenvalue weighted by atomic mass is 9.69. The van der Waals surface area contributed by atoms with Crippen LogP contribution in [0, 0.1) is 24.1 Å². The summed E-state index contributed by atoms with van der Waals surface area (Å²) in [5, 5.41) is 10.1. The van der Waals surface area contributed by atoms with Gasteiger partial charge in [0.1, 0.15) is 23.2 Å². The van der Waals surface area contributed by atoms with E-state index in [2.05, 4.69) is 0 Å². The van der Waals surface area contributed by atoms with Crippen LogP contribution in [0.15, 0.2) is 70.8 Å². The van der Waals surface area contributed by atoms with Gasteiger partial charge < -0.3 is 19.9 Å². The number of aromatic nitrogens is 1. The first-order chi connectivity index (χ1) is 15.8. The van der Waals surface area contributed by atoms with Crippen LogP contribution in [0.25, 0.3) is 0 Å². The molecule has 33 heavy (non-hydrogen) atoms. The van der Waals surface area contributed by atoms with Crippen LogP contribution in [0.1, 0.15) is 22.4 Å². The first-order valence-electron chi connectivity index (χ1n) is 10.3. The van der Waals surface area contributed by atoms with Crippen LogP contribution in [0.4, 0.5) is 10.1 Å². The Labute approximate surface area is 188 Å². The largest absolute Gasteiger partial charge is 0.440 e. The van der Waals surface area contributed by atoms with E-state index in [9.17, 15) is 19.2 Å². The van der Waals surface area contributed by atoms with Gasteiger partial charge >= 0.3 is 0 Å². The second-order valence-electron chi connectivity index (χ2n) is 8.09. The zero-order valence-corrected chi connectivity index (χ0v) is 17.9. The fourth-order valence-corrected chi connectivity index (χ4v) is 4.73. The molecule has 1 spiro atoms. The maximum atomic E-state index is 14.5. The van der Waals surface area contributed by atoms with E-state index in [1.807, 2.05) is 6.07 Å². The van der Waals surface area contributed by atoms with Gasteiger partial charge in [-0.3, -0.25) is 9.59 Å². The van der Waals surface area contributed by atoms with E-state index < -0.39 is 22.7 Å². The molecule has 2 aliphatic rings. The number of nitrogens with two attached hydrogens (primary N) is 1. The normalized spacial score (nSPS) is 18.7. The lowest BCUT2D eigenvalue weighted by Crippen LogP contribution is -2.49. The molecule has 0 aliphatic carbocycles. The van der Waals surface area contributed by atoms with Gasteiger partial charge in [-0.25, -0.2) is 4.39 Å². The van der Waals surface area contributed by atoms with E-state index in [4.69, 9.17) is 10.5 Å². The second kappa shape index (κ2) is 7.07. The Hall–Kier alpha value is -4.38. The molecular weight excluding hydrogens is 423 g/mol. The third-order valence-corrected chi connectivity index (χ3v) is 6.41. The summed E-state index contributed by atoms with van der Waals surface area (Å²) in [4.78, 5) is 29.2. The molecule has 2 aliphatic heterocycles. The van der Waals surface area contributed by atoms with Crippen molar-refractivity contribution in [2.75, 3.05) is 4.90 Å². The molecule has 164 valence electrons. The number of aryl methyl sites for hydroxylation is 1. The molecule has 1 unspecified atom stereocenters. The van der Waals surface area contributed by atoms with E-state index in [0.29, 0.717) is 22.5 Å². The predicted molar refractivity (Wildman–Crippen MR) is 119 cm³/mol. The molecule has 1 atom stereocenters. The van der Waals surface area contributed by atoms with E-state index in [0.717, 1.165) is 0 Å². The van der Waals surface area contributed by atoms with Crippen LogP contribution in [-0.4, -0.2) is 10.5 Å². The number of anilines is 1. The first kappa shape index (κ1) is 20.5. The number of rotatable bonds is 2. The minimum absolute atomic E-state index is 0.0230. The smallest absolute Gasteiger partial charge is 0.259 e. The van der Waals surface area contributed by atoms with Gasteiger partial charge in [-0.15, -0.1) is 0 Å². The van der Waals surface area contributed by atoms with Crippen molar-refractivity contribution < 1.29 is 13.9 Å². The summed E-state index contributed by atoms with van der Waals surface area (Å²) >= 11 is 0. The van der Waals surface area contributed by atoms with Gasteiger partial charge in [0.05, 0.1) is 12.1 Å². The Kier molecular flexibility index (Phi) is 4.40. The molecular formula is C25H19FN4O3. The van der Waals surface area contributed by atoms with Crippen LogP contribution < -0.4 is 20.9 Å². The lowest BCUT2D eigenvalue weighted by molar-refractivity contribution is -0.121. The van der Waals surface area contributed by atoms with E-state index in [1.54, 1.807) is 62.5 Å². The predicted octanol–water partition coefficient (Wildman–Crippen LogP) is 2.75. The van der Waals surface area contributed by atoms with Crippen molar-refractivity contribution in [1.82, 2.24) is 4.57 Å². The number of para-hydroxylation sites is 1. The number of carbonyl (C=O) groups is 1. The van der Waals surface area contributed by atoms with Crippen molar-refractivity contribution in [2.45, 2.75) is 18.9 Å². The highest BCUT2D eigenvalue weighted by molar-refractivity contribution is 6.14. The molecule has 0 saturated heterocycles. The highest BCUT2D eigenvalue weighted by atomic mass is 19.1. The molecule has 2 aromatic carbocycles. The third-order valence-electron chi connectivity index (χ3n) is 6.41. The SMILES string of the molecule is Cc1cc2c(c(=O)n1C)C1(C(=O)N(Cc3ccccc3F)c3ccccc31)C(C#N)=C(N)O2. The fourth-order valence-electron chi connectivity index (χ4n) is 4.73. The Morgan fingerprint density at radius 2 is 1.85 bits per heavy atom. The van der Waals surface area contributed by atoms with Crippen LogP contribution in [0.3, 0.4) is 0 Å². The van der Waals surface area contributed by atoms with Gasteiger partial charge in [0.25, 0.3) is 5.56 Å². The number of fused-ring (bicyclic) bond motifs is 4. The standard InChI is InChI=1S/C25H19FN4O3/c1-14-11-20-21(23(31)29(14)2)25(17(12-27)22(28)33-20)16-8-4-6-10-19(16)30(24(25)32)13-15-7-3-5-9-18(15)26/h3-11H,13,28H2,1-2H3. The molecule has 8 heteroatoms. The monoisotopic (exact) mass is 442 g/mol. The Bertz CT molecular complexity index is 1480. The quantitative estimate of drug-likeness (QED) is 0.658. The maximum Gasteiger partial charge on any atom is 0.259 e. The van der Waals surface area contributed by atoms with E-state index in [1.165, 1.54) is 15.5 Å². The van der Waals surface area contributed by atoms with Crippen LogP contribution in [0.5, 0.6) is 5.75 Å². The summed E-state index contributed by atoms with van der Waals surface area (Å²) in [6.45, 7) is 1.65. The number of nitrogens with zero attached hydrogens (tertiary/aromatic N) is 3. The summed E-state index contributed by atoms with van der Waals surface area (Å²) in [6.07, 6.45) is 0. The van der Waals surface area contributed by atoms with Crippen molar-refractivity contribution in [3.63, 3.8) is 0 Å². The van der Waals surface area contributed by atoms with Crippen molar-refractivity contribution in [3.05, 3.63) is 105 Å². The summed E-state index contributed by atoms with van der Waals surface area (Å²) in [7, 11) is 1.59. The number of hydrogen-bond acceptors (Lipinski definition) is 5. The number of nitriles is 1. The molecule has 0 saturated carbocycles. The topological polar surface area (TPSA) is 101 Å². The molecule has 2 N–H and O–H groups in total. The molecule has 3 aromatic rings. The summed E-state index contributed by atoms with van der Waals surface area (Å²) in [5.74, 6) is -1.13. The zero-order valence-electron chi connectivity index (χ0n) is 17.9. The number of pyridine rings is 1. The van der Waals surface area contributed by atoms with Crippen molar-refractivity contribution in [2.24, 2.45) is 12.8 Å². The zero-order chi connectivity index (χ0) is 23.5. The highest BCUT2D eigenvalue weighted by Crippen LogP contribution is 2.54. The molecule has 5 rings (SSSR count). The van der Waals surface area contributed by atoms with Gasteiger partial charge in [0.2, 0.25) is 11.8 Å². The fraction of sp³-hybridized carbons (Fsp3) is 0.160. The molecule has 1 aromatic heterocycles. The Balaban J connectivity index is 1.86. The number of carbonyl (C=O) groups excluding carboxylic acids is 1. The number of amides is 1. The van der Waals surface area contributed by atoms with Gasteiger partial charge in [-0.2, -0.15) is 5.26 Å². The van der Waals surface area contributed by atoms with Crippen LogP contribution in [-0.2, 0) is 23.8 Å². The molecule has 0 fully saturated rings. The molecule has 0 bridgehead atoms. The van der Waals surface area contributed by atoms with Crippen LogP contribution >= 0.6 is 0 Å². The Morgan fingerprint density at radius 1 is 1.15 bits per heavy atom. The molecule has 1 amide bonds. The lowest BCUT2D eigenvalue weighted by Gasteiger charge is -2.34. The van der Waals surface area contributed by atoms with E-state index in [-0.39, 0.29) is 29.3 Å². The Morgan fingerprint density at radius 3 is 2.58 bits per heavy atom. The average Bonchev–Trinajstić information content (AvgIpc) is 3.03. The van der Waals surface area contributed by atoms with E-state index >= 15 is 0 Å². The van der Waals surface area contributed by atoms with Crippen molar-refractivity contribution in [3.8, 4) is 11.8 Å². The number of hydrogen-bond donors (Lipinski definition) is 1. The van der Waals surface area contributed by atoms with Gasteiger partial charge in [-0.05, 0) is 19.1 Å². The van der Waals surface area contributed by atoms with Gasteiger partial charge in [0.15, 0.2) is 5.41 Å². The molecule has 0 radical (unpaired) electrons. The maximum absolute atomic E-state index is 14.5. The van der Waals surface area contributed by atoms with Crippen molar-refractivity contribution >= 4 is 11.6 Å². The number of halogens is 1. The van der Waals surface area contributed by atoms with Gasteiger partial charge in [-0.1, -0.05) is 36.4 Å². The average molecular weight is 442 g/mol. The van der Waals surface area contributed by atoms with Gasteiger partial charge in [0, 0.05) is 35.6 Å². The highest BCUT2D eigenvalue weighted by Gasteiger charge is 2.60. The molecule has 3 heterocycles. The summed E-state index contributed by atoms with van der Waals surface area (Å²) in [5.41, 5.74) is 5.53. The van der Waals surface area contributed by atoms with Crippen molar-refractivity contribution in [1.29, 1.82) is 5.26 Å². The summed E-state index contributed by atoms with van der Waals surface area (Å²) in [6, 6.07) is 16.7. The number of ether oxygens (including phenoxy) is 1. The van der Waals surface area contributed by atoms with Crippen LogP contribution in [0.2, 0.25) is 0 Å². The minimum atomic E-state index is -1.79. The molecule has 7 nitrogen and oxygen atoms in total. The first-order valence-corrected chi connectivity index (χ1v) is 10.3. The summed E-state index contributed by atoms with van der Waals surface area (Å²) < 4.78 is 21.6. The minimum Gasteiger partial charge on any atom is -0.440 e. The third kappa shape index (κ3) is 2.59. The number of benzene rings is 2. The second-order valence-corrected chi connectivity index (χ2v) is 8.09.